The number of carbonyl (C=O) groups is 1. The van der Waals surface area contributed by atoms with E-state index in [1.807, 2.05) is 0 Å². The lowest BCUT2D eigenvalue weighted by Gasteiger charge is -2.25. The van der Waals surface area contributed by atoms with Crippen LogP contribution in [0.3, 0.4) is 0 Å². The summed E-state index contributed by atoms with van der Waals surface area (Å²) in [6.07, 6.45) is -11.6. The lowest BCUT2D eigenvalue weighted by molar-refractivity contribution is -0.319. The van der Waals surface area contributed by atoms with E-state index in [4.69, 9.17) is 0 Å². The second-order valence-corrected chi connectivity index (χ2v) is 4.58. The Kier molecular flexibility index (Phi) is 5.23. The lowest BCUT2D eigenvalue weighted by Crippen LogP contribution is -2.45. The van der Waals surface area contributed by atoms with Gasteiger partial charge in [0.05, 0.1) is 0 Å². The smallest absolute Gasteiger partial charge is 0.353 e. The maximum absolute atomic E-state index is 12.2. The first-order valence-corrected chi connectivity index (χ1v) is 5.90. The summed E-state index contributed by atoms with van der Waals surface area (Å²) in [6.45, 7) is -1.14. The minimum Gasteiger partial charge on any atom is -0.353 e. The highest BCUT2D eigenvalue weighted by Crippen LogP contribution is 2.36. The lowest BCUT2D eigenvalue weighted by atomic mass is 9.86. The van der Waals surface area contributed by atoms with Gasteiger partial charge in [-0.05, 0) is 12.8 Å². The van der Waals surface area contributed by atoms with Crippen LogP contribution in [-0.2, 0) is 9.53 Å². The molecule has 1 rings (SSSR count). The molecule has 0 aromatic carbocycles. The van der Waals surface area contributed by atoms with Crippen LogP contribution in [0.5, 0.6) is 0 Å². The van der Waals surface area contributed by atoms with Crippen LogP contribution in [0.25, 0.3) is 0 Å². The number of Topliss-reactive ketones (excluding diaryl/α,β-unsaturated/α-hetero) is 1. The highest BCUT2D eigenvalue weighted by molar-refractivity contribution is 5.82. The van der Waals surface area contributed by atoms with Crippen LogP contribution < -0.4 is 0 Å². The molecular weight excluding hydrogens is 278 g/mol. The van der Waals surface area contributed by atoms with E-state index in [1.54, 1.807) is 0 Å². The van der Waals surface area contributed by atoms with Crippen LogP contribution in [-0.4, -0.2) is 30.8 Å². The van der Waals surface area contributed by atoms with Crippen molar-refractivity contribution in [3.05, 3.63) is 0 Å². The van der Waals surface area contributed by atoms with Crippen molar-refractivity contribution in [1.82, 2.24) is 0 Å². The number of rotatable bonds is 4. The summed E-state index contributed by atoms with van der Waals surface area (Å²) in [6, 6.07) is 0. The molecule has 1 saturated carbocycles. The molecule has 1 aliphatic rings. The molecule has 8 heteroatoms. The number of alkyl halides is 6. The first-order valence-electron chi connectivity index (χ1n) is 5.90. The number of carbonyl (C=O) groups excluding carboxylic acids is 1. The molecule has 112 valence electrons. The summed E-state index contributed by atoms with van der Waals surface area (Å²) >= 11 is 0. The monoisotopic (exact) mass is 292 g/mol. The molecule has 0 amide bonds. The zero-order valence-electron chi connectivity index (χ0n) is 9.98. The maximum atomic E-state index is 12.2. The van der Waals surface area contributed by atoms with Crippen molar-refractivity contribution in [2.24, 2.45) is 5.92 Å². The molecule has 0 atom stereocenters. The second kappa shape index (κ2) is 6.11. The molecule has 0 aromatic rings. The summed E-state index contributed by atoms with van der Waals surface area (Å²) in [4.78, 5) is 11.5. The third-order valence-electron chi connectivity index (χ3n) is 3.05. The molecule has 0 unspecified atom stereocenters. The number of hydrogen-bond acceptors (Lipinski definition) is 2. The maximum Gasteiger partial charge on any atom is 0.423 e. The summed E-state index contributed by atoms with van der Waals surface area (Å²) in [5.41, 5.74) is 0. The Bertz CT molecular complexity index is 289. The summed E-state index contributed by atoms with van der Waals surface area (Å²) in [5.74, 6) is -1.16. The van der Waals surface area contributed by atoms with Crippen LogP contribution in [0.1, 0.15) is 32.1 Å². The quantitative estimate of drug-likeness (QED) is 0.739. The van der Waals surface area contributed by atoms with Gasteiger partial charge >= 0.3 is 12.4 Å². The second-order valence-electron chi connectivity index (χ2n) is 4.58. The Morgan fingerprint density at radius 1 is 1.00 bits per heavy atom. The fourth-order valence-corrected chi connectivity index (χ4v) is 2.08. The Morgan fingerprint density at radius 2 is 1.47 bits per heavy atom. The van der Waals surface area contributed by atoms with Crippen molar-refractivity contribution in [2.45, 2.75) is 50.6 Å². The van der Waals surface area contributed by atoms with E-state index < -0.39 is 36.8 Å². The Balaban J connectivity index is 2.54. The van der Waals surface area contributed by atoms with Gasteiger partial charge in [-0.25, -0.2) is 0 Å². The Hall–Kier alpha value is -0.790. The molecule has 1 aliphatic carbocycles. The normalized spacial score (nSPS) is 18.9. The van der Waals surface area contributed by atoms with Gasteiger partial charge in [-0.1, -0.05) is 19.3 Å². The number of hydrogen-bond donors (Lipinski definition) is 0. The van der Waals surface area contributed by atoms with Gasteiger partial charge < -0.3 is 4.74 Å². The molecule has 0 aromatic heterocycles. The average Bonchev–Trinajstić information content (AvgIpc) is 2.26. The molecule has 0 aliphatic heterocycles. The minimum atomic E-state index is -5.56. The van der Waals surface area contributed by atoms with E-state index >= 15 is 0 Å². The Morgan fingerprint density at radius 3 is 1.89 bits per heavy atom. The summed E-state index contributed by atoms with van der Waals surface area (Å²) in [5, 5.41) is 0. The van der Waals surface area contributed by atoms with Crippen molar-refractivity contribution in [3.8, 4) is 0 Å². The highest BCUT2D eigenvalue weighted by atomic mass is 19.4. The topological polar surface area (TPSA) is 26.3 Å². The van der Waals surface area contributed by atoms with Crippen molar-refractivity contribution < 1.29 is 35.9 Å². The van der Waals surface area contributed by atoms with Crippen LogP contribution in [0.15, 0.2) is 0 Å². The van der Waals surface area contributed by atoms with Gasteiger partial charge in [-0.2, -0.15) is 26.3 Å². The SMILES string of the molecule is O=C(COC(C(F)(F)F)C(F)(F)F)C1CCCCC1. The van der Waals surface area contributed by atoms with Gasteiger partial charge in [-0.3, -0.25) is 4.79 Å². The van der Waals surface area contributed by atoms with E-state index in [0.717, 1.165) is 19.3 Å². The zero-order chi connectivity index (χ0) is 14.7. The van der Waals surface area contributed by atoms with Crippen LogP contribution >= 0.6 is 0 Å². The first-order chi connectivity index (χ1) is 8.62. The standard InChI is InChI=1S/C11H14F6O2/c12-10(13,14)9(11(15,16)17)19-6-8(18)7-4-2-1-3-5-7/h7,9H,1-6H2. The first kappa shape index (κ1) is 16.3. The van der Waals surface area contributed by atoms with Crippen LogP contribution in [0, 0.1) is 5.92 Å². The van der Waals surface area contributed by atoms with Gasteiger partial charge in [0.1, 0.15) is 6.61 Å². The van der Waals surface area contributed by atoms with Crippen molar-refractivity contribution in [2.75, 3.05) is 6.61 Å². The summed E-state index contributed by atoms with van der Waals surface area (Å²) in [7, 11) is 0. The average molecular weight is 292 g/mol. The Labute approximate surface area is 106 Å². The molecule has 19 heavy (non-hydrogen) atoms. The number of ether oxygens (including phenoxy) is 1. The third-order valence-corrected chi connectivity index (χ3v) is 3.05. The highest BCUT2D eigenvalue weighted by Gasteiger charge is 2.58. The van der Waals surface area contributed by atoms with Gasteiger partial charge in [0.2, 0.25) is 6.10 Å². The van der Waals surface area contributed by atoms with Gasteiger partial charge in [0.25, 0.3) is 0 Å². The third kappa shape index (κ3) is 5.00. The van der Waals surface area contributed by atoms with Gasteiger partial charge in [0.15, 0.2) is 5.78 Å². The molecule has 1 fully saturated rings. The predicted octanol–water partition coefficient (Wildman–Crippen LogP) is 3.65. The van der Waals surface area contributed by atoms with Crippen LogP contribution in [0.4, 0.5) is 26.3 Å². The number of ketones is 1. The number of halogens is 6. The van der Waals surface area contributed by atoms with E-state index in [1.165, 1.54) is 0 Å². The van der Waals surface area contributed by atoms with Crippen molar-refractivity contribution in [3.63, 3.8) is 0 Å². The molecule has 0 radical (unpaired) electrons. The molecular formula is C11H14F6O2. The minimum absolute atomic E-state index is 0.476. The van der Waals surface area contributed by atoms with Gasteiger partial charge in [0, 0.05) is 5.92 Å². The van der Waals surface area contributed by atoms with Crippen LogP contribution in [0.2, 0.25) is 0 Å². The van der Waals surface area contributed by atoms with E-state index in [9.17, 15) is 31.1 Å². The van der Waals surface area contributed by atoms with Crippen molar-refractivity contribution >= 4 is 5.78 Å². The summed E-state index contributed by atoms with van der Waals surface area (Å²) < 4.78 is 76.7. The zero-order valence-corrected chi connectivity index (χ0v) is 9.98. The molecule has 0 N–H and O–H groups in total. The van der Waals surface area contributed by atoms with Crippen molar-refractivity contribution in [1.29, 1.82) is 0 Å². The fourth-order valence-electron chi connectivity index (χ4n) is 2.08. The van der Waals surface area contributed by atoms with E-state index in [2.05, 4.69) is 4.74 Å². The predicted molar refractivity (Wildman–Crippen MR) is 53.4 cm³/mol. The molecule has 2 nitrogen and oxygen atoms in total. The van der Waals surface area contributed by atoms with E-state index in [-0.39, 0.29) is 0 Å². The fraction of sp³-hybridized carbons (Fsp3) is 0.909. The van der Waals surface area contributed by atoms with Gasteiger partial charge in [-0.15, -0.1) is 0 Å². The van der Waals surface area contributed by atoms with E-state index in [0.29, 0.717) is 12.8 Å². The molecule has 0 spiro atoms. The molecule has 0 bridgehead atoms. The molecule has 0 saturated heterocycles. The largest absolute Gasteiger partial charge is 0.423 e. The molecule has 0 heterocycles.